The van der Waals surface area contributed by atoms with Crippen LogP contribution in [0, 0.1) is 0 Å². The third-order valence-corrected chi connectivity index (χ3v) is 6.34. The molecule has 35 heavy (non-hydrogen) atoms. The van der Waals surface area contributed by atoms with Crippen LogP contribution in [0.4, 0.5) is 24.5 Å². The smallest absolute Gasteiger partial charge is 0.417 e. The number of amides is 1. The highest BCUT2D eigenvalue weighted by Gasteiger charge is 2.36. The number of fused-ring (bicyclic) bond motifs is 1. The molecule has 7 nitrogen and oxygen atoms in total. The van der Waals surface area contributed by atoms with Crippen LogP contribution < -0.4 is 25.3 Å². The number of hydrogen-bond acceptors (Lipinski definition) is 7. The molecule has 0 fully saturated rings. The van der Waals surface area contributed by atoms with E-state index in [0.717, 1.165) is 17.4 Å². The van der Waals surface area contributed by atoms with E-state index in [1.165, 1.54) is 27.4 Å². The van der Waals surface area contributed by atoms with Gasteiger partial charge >= 0.3 is 6.18 Å². The van der Waals surface area contributed by atoms with Crippen molar-refractivity contribution in [3.8, 4) is 28.5 Å². The van der Waals surface area contributed by atoms with E-state index in [9.17, 15) is 18.0 Å². The number of ether oxygens (including phenoxy) is 3. The molecule has 2 aromatic carbocycles. The summed E-state index contributed by atoms with van der Waals surface area (Å²) in [5, 5.41) is 2.33. The Morgan fingerprint density at radius 3 is 2.26 bits per heavy atom. The number of aromatic nitrogens is 1. The van der Waals surface area contributed by atoms with Crippen molar-refractivity contribution >= 4 is 38.8 Å². The number of methoxy groups -OCH3 is 3. The predicted molar refractivity (Wildman–Crippen MR) is 129 cm³/mol. The van der Waals surface area contributed by atoms with Crippen LogP contribution in [0.1, 0.15) is 15.2 Å². The molecular weight excluding hydrogens is 483 g/mol. The second-order valence-corrected chi connectivity index (χ2v) is 8.33. The molecule has 2 aromatic heterocycles. The number of rotatable bonds is 6. The number of thiophene rings is 1. The Kier molecular flexibility index (Phi) is 6.44. The molecule has 4 aromatic rings. The molecule has 0 bridgehead atoms. The molecule has 2 heterocycles. The zero-order valence-corrected chi connectivity index (χ0v) is 19.6. The summed E-state index contributed by atoms with van der Waals surface area (Å²) in [6.45, 7) is 0. The van der Waals surface area contributed by atoms with E-state index in [2.05, 4.69) is 10.3 Å². The minimum absolute atomic E-state index is 0.000560. The van der Waals surface area contributed by atoms with Crippen molar-refractivity contribution in [3.63, 3.8) is 0 Å². The Morgan fingerprint density at radius 2 is 1.66 bits per heavy atom. The van der Waals surface area contributed by atoms with Crippen LogP contribution >= 0.6 is 11.3 Å². The molecular formula is C24H20F3N3O4S. The maximum absolute atomic E-state index is 14.0. The highest BCUT2D eigenvalue weighted by Crippen LogP contribution is 2.44. The van der Waals surface area contributed by atoms with Crippen molar-refractivity contribution in [1.82, 2.24) is 4.98 Å². The molecule has 0 unspecified atom stereocenters. The van der Waals surface area contributed by atoms with Gasteiger partial charge in [0.2, 0.25) is 0 Å². The van der Waals surface area contributed by atoms with E-state index in [1.54, 1.807) is 36.4 Å². The summed E-state index contributed by atoms with van der Waals surface area (Å²) in [5.41, 5.74) is 5.73. The lowest BCUT2D eigenvalue weighted by Gasteiger charge is -2.12. The fourth-order valence-electron chi connectivity index (χ4n) is 3.52. The molecule has 0 atom stereocenters. The minimum Gasteiger partial charge on any atom is -0.497 e. The number of alkyl halides is 3. The second kappa shape index (κ2) is 9.34. The van der Waals surface area contributed by atoms with E-state index < -0.39 is 17.6 Å². The molecule has 182 valence electrons. The van der Waals surface area contributed by atoms with Crippen molar-refractivity contribution in [1.29, 1.82) is 0 Å². The number of hydrogen-bond donors (Lipinski definition) is 2. The fourth-order valence-corrected chi connectivity index (χ4v) is 4.54. The molecule has 0 saturated carbocycles. The Morgan fingerprint density at radius 1 is 0.971 bits per heavy atom. The van der Waals surface area contributed by atoms with Gasteiger partial charge in [-0.1, -0.05) is 0 Å². The van der Waals surface area contributed by atoms with Gasteiger partial charge in [-0.2, -0.15) is 13.2 Å². The highest BCUT2D eigenvalue weighted by atomic mass is 32.1. The van der Waals surface area contributed by atoms with Gasteiger partial charge in [0.15, 0.2) is 11.5 Å². The molecule has 1 amide bonds. The topological polar surface area (TPSA) is 95.7 Å². The molecule has 11 heteroatoms. The molecule has 0 saturated heterocycles. The van der Waals surface area contributed by atoms with Crippen LogP contribution in [0.2, 0.25) is 0 Å². The van der Waals surface area contributed by atoms with Crippen LogP contribution in [0.3, 0.4) is 0 Å². The lowest BCUT2D eigenvalue weighted by Crippen LogP contribution is -2.12. The number of nitrogen functional groups attached to an aromatic ring is 1. The average molecular weight is 504 g/mol. The number of pyridine rings is 1. The van der Waals surface area contributed by atoms with Gasteiger partial charge in [0.05, 0.1) is 38.3 Å². The van der Waals surface area contributed by atoms with E-state index >= 15 is 0 Å². The molecule has 4 rings (SSSR count). The normalized spacial score (nSPS) is 11.4. The van der Waals surface area contributed by atoms with E-state index in [1.807, 2.05) is 0 Å². The third kappa shape index (κ3) is 4.67. The van der Waals surface area contributed by atoms with Gasteiger partial charge in [0.1, 0.15) is 15.5 Å². The molecule has 0 aliphatic rings. The Bertz CT molecular complexity index is 1400. The van der Waals surface area contributed by atoms with Crippen molar-refractivity contribution < 1.29 is 32.2 Å². The summed E-state index contributed by atoms with van der Waals surface area (Å²) in [6.07, 6.45) is -4.71. The fraction of sp³-hybridized carbons (Fsp3) is 0.167. The maximum Gasteiger partial charge on any atom is 0.417 e. The molecule has 3 N–H and O–H groups in total. The van der Waals surface area contributed by atoms with Crippen LogP contribution in [0.5, 0.6) is 17.2 Å². The standard InChI is InChI=1S/C24H20F3N3O4S/c1-32-14-7-4-12(5-8-14)16-11-15(24(25,26)27)19-20(28)21(35-23(19)30-16)22(31)29-13-6-9-17(33-2)18(10-13)34-3/h4-11H,28H2,1-3H3,(H,29,31). The van der Waals surface area contributed by atoms with Gasteiger partial charge in [-0.05, 0) is 42.5 Å². The largest absolute Gasteiger partial charge is 0.497 e. The summed E-state index contributed by atoms with van der Waals surface area (Å²) in [7, 11) is 4.40. The quantitative estimate of drug-likeness (QED) is 0.343. The average Bonchev–Trinajstić information content (AvgIpc) is 3.19. The minimum atomic E-state index is -4.71. The summed E-state index contributed by atoms with van der Waals surface area (Å²) >= 11 is 0.787. The first-order valence-corrected chi connectivity index (χ1v) is 11.0. The van der Waals surface area contributed by atoms with Gasteiger partial charge < -0.3 is 25.3 Å². The van der Waals surface area contributed by atoms with Gasteiger partial charge in [0.25, 0.3) is 5.91 Å². The molecule has 0 aliphatic carbocycles. The SMILES string of the molecule is COc1ccc(-c2cc(C(F)(F)F)c3c(N)c(C(=O)Nc4ccc(OC)c(OC)c4)sc3n2)cc1. The zero-order chi connectivity index (χ0) is 25.3. The first-order chi connectivity index (χ1) is 16.7. The second-order valence-electron chi connectivity index (χ2n) is 7.33. The number of carbonyl (C=O) groups excluding carboxylic acids is 1. The Balaban J connectivity index is 1.78. The summed E-state index contributed by atoms with van der Waals surface area (Å²) in [6, 6.07) is 12.1. The maximum atomic E-state index is 14.0. The number of carbonyl (C=O) groups is 1. The number of benzene rings is 2. The number of anilines is 2. The van der Waals surface area contributed by atoms with Crippen LogP contribution in [0.15, 0.2) is 48.5 Å². The molecule has 0 aliphatic heterocycles. The lowest BCUT2D eigenvalue weighted by molar-refractivity contribution is -0.136. The zero-order valence-electron chi connectivity index (χ0n) is 18.8. The summed E-state index contributed by atoms with van der Waals surface area (Å²) in [5.74, 6) is 0.717. The molecule has 0 radical (unpaired) electrons. The third-order valence-electron chi connectivity index (χ3n) is 5.24. The first-order valence-electron chi connectivity index (χ1n) is 10.1. The Labute approximate surface area is 202 Å². The number of nitrogens with two attached hydrogens (primary N) is 1. The monoisotopic (exact) mass is 503 g/mol. The van der Waals surface area contributed by atoms with Crippen molar-refractivity contribution in [2.24, 2.45) is 0 Å². The van der Waals surface area contributed by atoms with Crippen molar-refractivity contribution in [3.05, 3.63) is 59.0 Å². The predicted octanol–water partition coefficient (Wildman–Crippen LogP) is 5.84. The van der Waals surface area contributed by atoms with Crippen LogP contribution in [0.25, 0.3) is 21.5 Å². The first kappa shape index (κ1) is 24.1. The van der Waals surface area contributed by atoms with E-state index in [4.69, 9.17) is 19.9 Å². The number of halogens is 3. The van der Waals surface area contributed by atoms with E-state index in [0.29, 0.717) is 28.5 Å². The van der Waals surface area contributed by atoms with Crippen LogP contribution in [-0.2, 0) is 6.18 Å². The summed E-state index contributed by atoms with van der Waals surface area (Å²) in [4.78, 5) is 17.3. The van der Waals surface area contributed by atoms with Gasteiger partial charge in [-0.3, -0.25) is 4.79 Å². The van der Waals surface area contributed by atoms with Crippen molar-refractivity contribution in [2.45, 2.75) is 6.18 Å². The van der Waals surface area contributed by atoms with Gasteiger partial charge in [-0.15, -0.1) is 11.3 Å². The lowest BCUT2D eigenvalue weighted by atomic mass is 10.1. The van der Waals surface area contributed by atoms with Crippen molar-refractivity contribution in [2.75, 3.05) is 32.4 Å². The Hall–Kier alpha value is -3.99. The number of nitrogens with zero attached hydrogens (tertiary/aromatic N) is 1. The summed E-state index contributed by atoms with van der Waals surface area (Å²) < 4.78 is 57.5. The molecule has 0 spiro atoms. The van der Waals surface area contributed by atoms with Crippen LogP contribution in [-0.4, -0.2) is 32.2 Å². The highest BCUT2D eigenvalue weighted by molar-refractivity contribution is 7.21. The van der Waals surface area contributed by atoms with Gasteiger partial charge in [0, 0.05) is 22.7 Å². The van der Waals surface area contributed by atoms with Gasteiger partial charge in [-0.25, -0.2) is 4.98 Å². The number of nitrogens with one attached hydrogen (secondary N) is 1. The van der Waals surface area contributed by atoms with E-state index in [-0.39, 0.29) is 26.5 Å².